The van der Waals surface area contributed by atoms with Crippen LogP contribution in [0.1, 0.15) is 11.1 Å². The Labute approximate surface area is 338 Å². The van der Waals surface area contributed by atoms with Crippen molar-refractivity contribution in [2.24, 2.45) is 0 Å². The zero-order valence-electron chi connectivity index (χ0n) is 31.8. The fourth-order valence-electron chi connectivity index (χ4n) is 8.26. The van der Waals surface area contributed by atoms with Gasteiger partial charge in [-0.2, -0.15) is 0 Å². The summed E-state index contributed by atoms with van der Waals surface area (Å²) in [5.41, 5.74) is 13.6. The lowest BCUT2D eigenvalue weighted by Crippen LogP contribution is -1.96. The summed E-state index contributed by atoms with van der Waals surface area (Å²) >= 11 is 0. The molecule has 3 heteroatoms. The molecule has 0 aliphatic rings. The van der Waals surface area contributed by atoms with Gasteiger partial charge >= 0.3 is 0 Å². The van der Waals surface area contributed by atoms with E-state index in [1.54, 1.807) is 6.20 Å². The van der Waals surface area contributed by atoms with Crippen molar-refractivity contribution in [3.63, 3.8) is 0 Å². The number of hydrogen-bond donors (Lipinski definition) is 0. The summed E-state index contributed by atoms with van der Waals surface area (Å²) in [6.07, 6.45) is 7.57. The van der Waals surface area contributed by atoms with Gasteiger partial charge in [-0.1, -0.05) is 171 Å². The Kier molecular flexibility index (Phi) is 8.81. The summed E-state index contributed by atoms with van der Waals surface area (Å²) in [4.78, 5) is 14.9. The monoisotopic (exact) mass is 739 g/mol. The Morgan fingerprint density at radius 2 is 0.914 bits per heavy atom. The van der Waals surface area contributed by atoms with E-state index >= 15 is 0 Å². The van der Waals surface area contributed by atoms with Crippen LogP contribution in [0, 0.1) is 0 Å². The molecule has 0 radical (unpaired) electrons. The Morgan fingerprint density at radius 1 is 0.362 bits per heavy atom. The highest BCUT2D eigenvalue weighted by Crippen LogP contribution is 2.38. The molecule has 0 spiro atoms. The Bertz CT molecular complexity index is 3190. The number of rotatable bonds is 8. The number of hydrogen-bond acceptors (Lipinski definition) is 3. The minimum absolute atomic E-state index is 0.662. The van der Waals surface area contributed by atoms with Gasteiger partial charge in [0.1, 0.15) is 0 Å². The first kappa shape index (κ1) is 34.7. The standard InChI is InChI=1S/C55H37N3/c1-3-45-46(4-2)51-29-28-41(33-52(51)50-22-8-7-21-49(45)50)39-15-10-18-43(32-39)55-57-53(34-54(58-55)42-17-9-16-40(31-42)44-19-12-30-56-35-44)38-26-24-37(25-27-38)48-23-11-14-36-13-5-6-20-47(36)48/h3-35H,1-2H2. The zero-order valence-corrected chi connectivity index (χ0v) is 31.8. The first-order valence-corrected chi connectivity index (χ1v) is 19.5. The highest BCUT2D eigenvalue weighted by atomic mass is 14.9. The molecular formula is C55H37N3. The first-order chi connectivity index (χ1) is 28.6. The van der Waals surface area contributed by atoms with E-state index in [1.807, 2.05) is 24.4 Å². The van der Waals surface area contributed by atoms with Gasteiger partial charge in [0.15, 0.2) is 5.82 Å². The second kappa shape index (κ2) is 14.7. The number of fused-ring (bicyclic) bond motifs is 4. The summed E-state index contributed by atoms with van der Waals surface area (Å²) in [7, 11) is 0. The van der Waals surface area contributed by atoms with E-state index in [0.29, 0.717) is 5.82 Å². The number of pyridine rings is 1. The molecule has 58 heavy (non-hydrogen) atoms. The molecule has 0 aliphatic carbocycles. The number of nitrogens with zero attached hydrogens (tertiary/aromatic N) is 3. The third-order valence-electron chi connectivity index (χ3n) is 11.1. The third-order valence-corrected chi connectivity index (χ3v) is 11.1. The average molecular weight is 740 g/mol. The maximum Gasteiger partial charge on any atom is 0.160 e. The Morgan fingerprint density at radius 3 is 1.67 bits per heavy atom. The van der Waals surface area contributed by atoms with Gasteiger partial charge in [-0.05, 0) is 102 Å². The predicted octanol–water partition coefficient (Wildman–Crippen LogP) is 14.6. The van der Waals surface area contributed by atoms with E-state index < -0.39 is 0 Å². The summed E-state index contributed by atoms with van der Waals surface area (Å²) < 4.78 is 0. The zero-order chi connectivity index (χ0) is 39.0. The molecule has 2 heterocycles. The van der Waals surface area contributed by atoms with Crippen molar-refractivity contribution in [2.75, 3.05) is 0 Å². The van der Waals surface area contributed by atoms with Crippen LogP contribution in [-0.2, 0) is 0 Å². The van der Waals surface area contributed by atoms with Crippen molar-refractivity contribution in [2.45, 2.75) is 0 Å². The SMILES string of the molecule is C=Cc1c(C=C)c2ccc(-c3cccc(-c4nc(-c5ccc(-c6cccc7ccccc67)cc5)cc(-c5cccc(-c6cccnc6)c5)n4)c3)cc2c2ccccc12. The van der Waals surface area contributed by atoms with Gasteiger partial charge in [0.25, 0.3) is 0 Å². The third kappa shape index (κ3) is 6.25. The number of aromatic nitrogens is 3. The van der Waals surface area contributed by atoms with Crippen molar-refractivity contribution < 1.29 is 0 Å². The van der Waals surface area contributed by atoms with Crippen LogP contribution < -0.4 is 0 Å². The predicted molar refractivity (Wildman–Crippen MR) is 245 cm³/mol. The first-order valence-electron chi connectivity index (χ1n) is 19.5. The maximum absolute atomic E-state index is 5.26. The number of benzene rings is 8. The Hall–Kier alpha value is -7.75. The minimum atomic E-state index is 0.662. The lowest BCUT2D eigenvalue weighted by atomic mass is 9.89. The lowest BCUT2D eigenvalue weighted by molar-refractivity contribution is 1.18. The van der Waals surface area contributed by atoms with Crippen LogP contribution in [0.15, 0.2) is 201 Å². The molecule has 0 unspecified atom stereocenters. The highest BCUT2D eigenvalue weighted by Gasteiger charge is 2.15. The molecule has 272 valence electrons. The molecule has 0 fully saturated rings. The minimum Gasteiger partial charge on any atom is -0.264 e. The fraction of sp³-hybridized carbons (Fsp3) is 0. The van der Waals surface area contributed by atoms with Gasteiger partial charge in [-0.25, -0.2) is 9.97 Å². The molecule has 2 aromatic heterocycles. The largest absolute Gasteiger partial charge is 0.264 e. The second-order valence-corrected chi connectivity index (χ2v) is 14.5. The van der Waals surface area contributed by atoms with Crippen LogP contribution in [0.2, 0.25) is 0 Å². The van der Waals surface area contributed by atoms with Crippen molar-refractivity contribution in [1.29, 1.82) is 0 Å². The van der Waals surface area contributed by atoms with Gasteiger partial charge < -0.3 is 0 Å². The summed E-state index contributed by atoms with van der Waals surface area (Å²) in [5, 5.41) is 7.16. The summed E-state index contributed by atoms with van der Waals surface area (Å²) in [6, 6.07) is 62.2. The molecule has 8 aromatic carbocycles. The quantitative estimate of drug-likeness (QED) is 0.146. The van der Waals surface area contributed by atoms with Crippen molar-refractivity contribution in [1.82, 2.24) is 15.0 Å². The Balaban J connectivity index is 1.10. The van der Waals surface area contributed by atoms with Gasteiger partial charge in [-0.15, -0.1) is 0 Å². The van der Waals surface area contributed by atoms with Crippen LogP contribution >= 0.6 is 0 Å². The van der Waals surface area contributed by atoms with Crippen molar-refractivity contribution >= 4 is 44.5 Å². The molecule has 0 atom stereocenters. The lowest BCUT2D eigenvalue weighted by Gasteiger charge is -2.15. The van der Waals surface area contributed by atoms with E-state index in [9.17, 15) is 0 Å². The molecular weight excluding hydrogens is 703 g/mol. The summed E-state index contributed by atoms with van der Waals surface area (Å²) in [6.45, 7) is 8.30. The van der Waals surface area contributed by atoms with Gasteiger partial charge in [0.05, 0.1) is 11.4 Å². The molecule has 0 N–H and O–H groups in total. The molecule has 0 bridgehead atoms. The van der Waals surface area contributed by atoms with E-state index in [4.69, 9.17) is 9.97 Å². The second-order valence-electron chi connectivity index (χ2n) is 14.5. The van der Waals surface area contributed by atoms with E-state index in [0.717, 1.165) is 72.4 Å². The van der Waals surface area contributed by atoms with Crippen LogP contribution in [0.3, 0.4) is 0 Å². The molecule has 0 saturated carbocycles. The average Bonchev–Trinajstić information content (AvgIpc) is 3.31. The smallest absolute Gasteiger partial charge is 0.160 e. The maximum atomic E-state index is 5.26. The molecule has 10 aromatic rings. The van der Waals surface area contributed by atoms with Gasteiger partial charge in [0, 0.05) is 34.6 Å². The van der Waals surface area contributed by atoms with Gasteiger partial charge in [0.2, 0.25) is 0 Å². The van der Waals surface area contributed by atoms with Gasteiger partial charge in [-0.3, -0.25) is 4.98 Å². The van der Waals surface area contributed by atoms with E-state index in [-0.39, 0.29) is 0 Å². The van der Waals surface area contributed by atoms with Crippen molar-refractivity contribution in [3.05, 3.63) is 213 Å². The van der Waals surface area contributed by atoms with Crippen LogP contribution in [-0.4, -0.2) is 15.0 Å². The molecule has 0 aliphatic heterocycles. The topological polar surface area (TPSA) is 38.7 Å². The fourth-order valence-corrected chi connectivity index (χ4v) is 8.26. The normalized spacial score (nSPS) is 11.2. The van der Waals surface area contributed by atoms with E-state index in [2.05, 4.69) is 188 Å². The highest BCUT2D eigenvalue weighted by molar-refractivity contribution is 6.15. The summed E-state index contributed by atoms with van der Waals surface area (Å²) in [5.74, 6) is 0.662. The molecule has 3 nitrogen and oxygen atoms in total. The van der Waals surface area contributed by atoms with Crippen molar-refractivity contribution in [3.8, 4) is 67.3 Å². The van der Waals surface area contributed by atoms with Crippen LogP contribution in [0.4, 0.5) is 0 Å². The van der Waals surface area contributed by atoms with Crippen LogP contribution in [0.25, 0.3) is 112 Å². The molecule has 0 saturated heterocycles. The van der Waals surface area contributed by atoms with Crippen LogP contribution in [0.5, 0.6) is 0 Å². The van der Waals surface area contributed by atoms with E-state index in [1.165, 1.54) is 32.5 Å². The molecule has 0 amide bonds. The molecule has 10 rings (SSSR count).